The van der Waals surface area contributed by atoms with Crippen LogP contribution in [0.3, 0.4) is 0 Å². The number of esters is 1. The standard InChI is InChI=1S/C12H19N2O3/c1-2-17-11(15)7-14-5-3-10(4-6-14)12(16,8-13)9-14/h10,16H,2-7,9H2,1H3/q+1. The highest BCUT2D eigenvalue weighted by Gasteiger charge is 2.55. The zero-order chi connectivity index (χ0) is 12.5. The molecule has 3 aliphatic heterocycles. The molecule has 3 saturated heterocycles. The number of rotatable bonds is 3. The molecule has 0 aromatic heterocycles. The minimum Gasteiger partial charge on any atom is -0.462 e. The number of hydrogen-bond donors (Lipinski definition) is 1. The fraction of sp³-hybridized carbons (Fsp3) is 0.833. The van der Waals surface area contributed by atoms with Gasteiger partial charge in [0, 0.05) is 18.8 Å². The van der Waals surface area contributed by atoms with Gasteiger partial charge in [0.25, 0.3) is 0 Å². The average Bonchev–Trinajstić information content (AvgIpc) is 2.29. The molecule has 0 aromatic rings. The van der Waals surface area contributed by atoms with Crippen molar-refractivity contribution in [1.29, 1.82) is 5.26 Å². The molecule has 0 saturated carbocycles. The lowest BCUT2D eigenvalue weighted by Gasteiger charge is -2.53. The van der Waals surface area contributed by atoms with Gasteiger partial charge >= 0.3 is 5.97 Å². The van der Waals surface area contributed by atoms with E-state index in [2.05, 4.69) is 0 Å². The van der Waals surface area contributed by atoms with Crippen LogP contribution in [-0.2, 0) is 9.53 Å². The summed E-state index contributed by atoms with van der Waals surface area (Å²) in [5.41, 5.74) is -1.25. The van der Waals surface area contributed by atoms with Crippen LogP contribution in [0.15, 0.2) is 0 Å². The summed E-state index contributed by atoms with van der Waals surface area (Å²) in [5, 5.41) is 19.3. The van der Waals surface area contributed by atoms with Crippen molar-refractivity contribution in [3.05, 3.63) is 0 Å². The Kier molecular flexibility index (Phi) is 3.11. The molecule has 3 aliphatic rings. The molecule has 17 heavy (non-hydrogen) atoms. The predicted molar refractivity (Wildman–Crippen MR) is 59.6 cm³/mol. The quantitative estimate of drug-likeness (QED) is 0.429. The first-order valence-electron chi connectivity index (χ1n) is 6.18. The van der Waals surface area contributed by atoms with Crippen LogP contribution >= 0.6 is 0 Å². The van der Waals surface area contributed by atoms with Crippen molar-refractivity contribution >= 4 is 5.97 Å². The van der Waals surface area contributed by atoms with Gasteiger partial charge in [-0.1, -0.05) is 0 Å². The zero-order valence-corrected chi connectivity index (χ0v) is 10.2. The Morgan fingerprint density at radius 3 is 2.76 bits per heavy atom. The molecule has 5 heteroatoms. The van der Waals surface area contributed by atoms with E-state index in [1.165, 1.54) is 0 Å². The summed E-state index contributed by atoms with van der Waals surface area (Å²) in [5.74, 6) is -0.150. The first-order valence-corrected chi connectivity index (χ1v) is 6.18. The highest BCUT2D eigenvalue weighted by Crippen LogP contribution is 2.39. The van der Waals surface area contributed by atoms with Gasteiger partial charge in [-0.25, -0.2) is 4.79 Å². The van der Waals surface area contributed by atoms with E-state index >= 15 is 0 Å². The molecule has 3 heterocycles. The fourth-order valence-corrected chi connectivity index (χ4v) is 3.21. The molecule has 94 valence electrons. The third-order valence-electron chi connectivity index (χ3n) is 4.12. The molecule has 0 amide bonds. The first-order chi connectivity index (χ1) is 8.03. The Morgan fingerprint density at radius 2 is 2.24 bits per heavy atom. The average molecular weight is 239 g/mol. The molecule has 0 radical (unpaired) electrons. The topological polar surface area (TPSA) is 70.3 Å². The minimum absolute atomic E-state index is 0.0784. The summed E-state index contributed by atoms with van der Waals surface area (Å²) >= 11 is 0. The van der Waals surface area contributed by atoms with E-state index in [4.69, 9.17) is 10.00 Å². The van der Waals surface area contributed by atoms with Crippen molar-refractivity contribution < 1.29 is 19.1 Å². The third kappa shape index (κ3) is 2.15. The van der Waals surface area contributed by atoms with Crippen LogP contribution in [0.1, 0.15) is 19.8 Å². The minimum atomic E-state index is -1.25. The van der Waals surface area contributed by atoms with Crippen molar-refractivity contribution in [2.75, 3.05) is 32.8 Å². The van der Waals surface area contributed by atoms with E-state index in [0.29, 0.717) is 17.6 Å². The van der Waals surface area contributed by atoms with Gasteiger partial charge in [-0.05, 0) is 6.92 Å². The molecule has 1 N–H and O–H groups in total. The van der Waals surface area contributed by atoms with E-state index < -0.39 is 5.60 Å². The SMILES string of the molecule is CCOC(=O)C[N+]12CCC(CC1)C(O)(C#N)C2. The molecule has 1 atom stereocenters. The van der Waals surface area contributed by atoms with Crippen LogP contribution < -0.4 is 0 Å². The van der Waals surface area contributed by atoms with Crippen LogP contribution in [-0.4, -0.2) is 53.9 Å². The number of hydrogen-bond acceptors (Lipinski definition) is 4. The molecule has 0 aromatic carbocycles. The van der Waals surface area contributed by atoms with Gasteiger partial charge in [-0.2, -0.15) is 5.26 Å². The van der Waals surface area contributed by atoms with Gasteiger partial charge in [0.15, 0.2) is 6.54 Å². The number of fused-ring (bicyclic) bond motifs is 3. The van der Waals surface area contributed by atoms with Gasteiger partial charge < -0.3 is 14.3 Å². The maximum Gasteiger partial charge on any atom is 0.361 e. The lowest BCUT2D eigenvalue weighted by Crippen LogP contribution is -2.69. The zero-order valence-electron chi connectivity index (χ0n) is 10.2. The maximum absolute atomic E-state index is 11.6. The van der Waals surface area contributed by atoms with Crippen molar-refractivity contribution in [2.45, 2.75) is 25.4 Å². The van der Waals surface area contributed by atoms with Crippen LogP contribution in [0.4, 0.5) is 0 Å². The summed E-state index contributed by atoms with van der Waals surface area (Å²) < 4.78 is 5.48. The number of quaternary nitrogens is 1. The molecule has 5 nitrogen and oxygen atoms in total. The van der Waals surface area contributed by atoms with E-state index in [0.717, 1.165) is 25.9 Å². The van der Waals surface area contributed by atoms with Crippen molar-refractivity contribution in [3.63, 3.8) is 0 Å². The molecule has 0 aliphatic carbocycles. The lowest BCUT2D eigenvalue weighted by atomic mass is 9.74. The summed E-state index contributed by atoms with van der Waals surface area (Å²) in [6.07, 6.45) is 1.65. The van der Waals surface area contributed by atoms with Crippen molar-refractivity contribution in [1.82, 2.24) is 0 Å². The monoisotopic (exact) mass is 239 g/mol. The van der Waals surface area contributed by atoms with Crippen LogP contribution in [0.5, 0.6) is 0 Å². The van der Waals surface area contributed by atoms with Crippen LogP contribution in [0.2, 0.25) is 0 Å². The smallest absolute Gasteiger partial charge is 0.361 e. The molecule has 0 spiro atoms. The van der Waals surface area contributed by atoms with E-state index in [-0.39, 0.29) is 18.4 Å². The number of nitrogens with zero attached hydrogens (tertiary/aromatic N) is 2. The van der Waals surface area contributed by atoms with Crippen LogP contribution in [0, 0.1) is 17.2 Å². The van der Waals surface area contributed by atoms with Crippen molar-refractivity contribution in [3.8, 4) is 6.07 Å². The predicted octanol–water partition coefficient (Wildman–Crippen LogP) is 0.0446. The second-order valence-electron chi connectivity index (χ2n) is 5.22. The Labute approximate surface area is 101 Å². The molecule has 3 rings (SSSR count). The van der Waals surface area contributed by atoms with Gasteiger partial charge in [-0.15, -0.1) is 0 Å². The number of aliphatic hydroxyl groups is 1. The molecule has 1 unspecified atom stereocenters. The third-order valence-corrected chi connectivity index (χ3v) is 4.12. The van der Waals surface area contributed by atoms with Gasteiger partial charge in [0.05, 0.1) is 19.7 Å². The number of piperidine rings is 3. The van der Waals surface area contributed by atoms with Gasteiger partial charge in [0.1, 0.15) is 12.6 Å². The lowest BCUT2D eigenvalue weighted by molar-refractivity contribution is -0.942. The number of nitriles is 1. The highest BCUT2D eigenvalue weighted by molar-refractivity contribution is 5.70. The van der Waals surface area contributed by atoms with Crippen LogP contribution in [0.25, 0.3) is 0 Å². The first kappa shape index (κ1) is 12.3. The van der Waals surface area contributed by atoms with Crippen molar-refractivity contribution in [2.24, 2.45) is 5.92 Å². The number of carbonyl (C=O) groups excluding carboxylic acids is 1. The Bertz CT molecular complexity index is 355. The van der Waals surface area contributed by atoms with Gasteiger partial charge in [-0.3, -0.25) is 0 Å². The van der Waals surface area contributed by atoms with E-state index in [9.17, 15) is 9.90 Å². The summed E-state index contributed by atoms with van der Waals surface area (Å²) in [4.78, 5) is 11.6. The summed E-state index contributed by atoms with van der Waals surface area (Å²) in [7, 11) is 0. The maximum atomic E-state index is 11.6. The second-order valence-corrected chi connectivity index (χ2v) is 5.22. The second kappa shape index (κ2) is 4.28. The normalized spacial score (nSPS) is 39.7. The van der Waals surface area contributed by atoms with E-state index in [1.54, 1.807) is 6.92 Å². The molecular weight excluding hydrogens is 220 g/mol. The highest BCUT2D eigenvalue weighted by atomic mass is 16.5. The fourth-order valence-electron chi connectivity index (χ4n) is 3.21. The van der Waals surface area contributed by atoms with Gasteiger partial charge in [0.2, 0.25) is 5.60 Å². The Hall–Kier alpha value is -1.12. The van der Waals surface area contributed by atoms with E-state index in [1.807, 2.05) is 6.07 Å². The number of carbonyl (C=O) groups is 1. The molecule has 2 bridgehead atoms. The molecular formula is C12H19N2O3+. The molecule has 3 fully saturated rings. The number of ether oxygens (including phenoxy) is 1. The summed E-state index contributed by atoms with van der Waals surface area (Å²) in [6, 6.07) is 2.03. The Morgan fingerprint density at radius 1 is 1.59 bits per heavy atom. The Balaban J connectivity index is 2.10. The largest absolute Gasteiger partial charge is 0.462 e. The summed E-state index contributed by atoms with van der Waals surface area (Å²) in [6.45, 7) is 4.55.